The Hall–Kier alpha value is -3.26. The third kappa shape index (κ3) is 4.70. The van der Waals surface area contributed by atoms with Crippen molar-refractivity contribution in [3.05, 3.63) is 58.1 Å². The second-order valence-corrected chi connectivity index (χ2v) is 11.4. The maximum atomic E-state index is 13.6. The molecule has 0 aromatic heterocycles. The van der Waals surface area contributed by atoms with E-state index in [1.54, 1.807) is 17.0 Å². The van der Waals surface area contributed by atoms with E-state index in [2.05, 4.69) is 5.32 Å². The van der Waals surface area contributed by atoms with Gasteiger partial charge in [0.1, 0.15) is 17.1 Å². The fourth-order valence-electron chi connectivity index (χ4n) is 5.84. The monoisotopic (exact) mass is 538 g/mol. The molecule has 2 aromatic carbocycles. The van der Waals surface area contributed by atoms with E-state index in [0.29, 0.717) is 47.8 Å². The summed E-state index contributed by atoms with van der Waals surface area (Å²) in [6.07, 6.45) is 2.89. The minimum absolute atomic E-state index is 0.0777. The molecule has 3 aliphatic heterocycles. The van der Waals surface area contributed by atoms with Crippen molar-refractivity contribution in [2.75, 3.05) is 6.61 Å². The van der Waals surface area contributed by atoms with Crippen molar-refractivity contribution in [1.29, 1.82) is 0 Å². The maximum Gasteiger partial charge on any atom is 0.251 e. The number of nitrogens with one attached hydrogen (secondary N) is 1. The number of nitrogens with zero attached hydrogens (tertiary/aromatic N) is 2. The van der Waals surface area contributed by atoms with Gasteiger partial charge >= 0.3 is 0 Å². The first-order chi connectivity index (χ1) is 18.1. The molecule has 0 radical (unpaired) electrons. The van der Waals surface area contributed by atoms with Gasteiger partial charge in [0, 0.05) is 29.5 Å². The summed E-state index contributed by atoms with van der Waals surface area (Å²) in [7, 11) is 0. The van der Waals surface area contributed by atoms with E-state index in [0.717, 1.165) is 24.2 Å². The van der Waals surface area contributed by atoms with Crippen LogP contribution in [0.2, 0.25) is 5.02 Å². The number of halogens is 1. The Morgan fingerprint density at radius 1 is 1.21 bits per heavy atom. The van der Waals surface area contributed by atoms with Gasteiger partial charge in [0.05, 0.1) is 35.7 Å². The van der Waals surface area contributed by atoms with Crippen molar-refractivity contribution < 1.29 is 19.1 Å². The second-order valence-electron chi connectivity index (χ2n) is 11.0. The molecule has 2 atom stereocenters. The number of carbonyl (C=O) groups is 2. The standard InChI is InChI=1S/C29H35ClN4O4/c1-5-29(6-2)16-24(35)34(27(31)33-29)22-11-12-37-25-19(22)13-17(14-20(25)30)26(36)32-21-15-28(3,4)38-23-10-8-7-9-18(21)23/h7-10,13-14,21-22H,5-6,11-12,15-16H2,1-4H3,(H2,31,33)(H,32,36)/t21-,22-/m1/s1. The normalized spacial score (nSPS) is 23.3. The van der Waals surface area contributed by atoms with E-state index in [9.17, 15) is 9.59 Å². The van der Waals surface area contributed by atoms with E-state index in [4.69, 9.17) is 31.8 Å². The number of para-hydroxylation sites is 1. The molecular weight excluding hydrogens is 504 g/mol. The van der Waals surface area contributed by atoms with Gasteiger partial charge < -0.3 is 20.5 Å². The Morgan fingerprint density at radius 2 is 1.95 bits per heavy atom. The van der Waals surface area contributed by atoms with Crippen molar-refractivity contribution >= 4 is 29.4 Å². The van der Waals surface area contributed by atoms with Gasteiger partial charge in [-0.1, -0.05) is 43.6 Å². The molecule has 9 heteroatoms. The summed E-state index contributed by atoms with van der Waals surface area (Å²) in [6.45, 7) is 8.44. The summed E-state index contributed by atoms with van der Waals surface area (Å²) < 4.78 is 12.0. The number of amides is 2. The van der Waals surface area contributed by atoms with Crippen molar-refractivity contribution in [3.8, 4) is 11.5 Å². The van der Waals surface area contributed by atoms with Crippen LogP contribution in [-0.2, 0) is 4.79 Å². The number of carbonyl (C=O) groups excluding carboxylic acids is 2. The topological polar surface area (TPSA) is 106 Å². The molecule has 3 heterocycles. The Morgan fingerprint density at radius 3 is 2.66 bits per heavy atom. The zero-order chi connectivity index (χ0) is 27.2. The van der Waals surface area contributed by atoms with Crippen LogP contribution in [0.15, 0.2) is 41.4 Å². The molecule has 3 N–H and O–H groups in total. The van der Waals surface area contributed by atoms with Crippen LogP contribution < -0.4 is 20.5 Å². The molecule has 202 valence electrons. The zero-order valence-corrected chi connectivity index (χ0v) is 23.1. The van der Waals surface area contributed by atoms with Crippen LogP contribution in [0.25, 0.3) is 0 Å². The molecule has 0 saturated heterocycles. The molecule has 0 fully saturated rings. The van der Waals surface area contributed by atoms with Crippen molar-refractivity contribution in [1.82, 2.24) is 10.2 Å². The number of benzene rings is 2. The van der Waals surface area contributed by atoms with Gasteiger partial charge in [0.15, 0.2) is 5.96 Å². The van der Waals surface area contributed by atoms with Crippen molar-refractivity contribution in [2.24, 2.45) is 10.7 Å². The highest BCUT2D eigenvalue weighted by Crippen LogP contribution is 2.44. The minimum Gasteiger partial charge on any atom is -0.492 e. The molecule has 38 heavy (non-hydrogen) atoms. The summed E-state index contributed by atoms with van der Waals surface area (Å²) in [4.78, 5) is 33.3. The van der Waals surface area contributed by atoms with E-state index in [1.807, 2.05) is 52.0 Å². The second kappa shape index (κ2) is 9.80. The van der Waals surface area contributed by atoms with Gasteiger partial charge in [0.2, 0.25) is 5.91 Å². The fourth-order valence-corrected chi connectivity index (χ4v) is 6.12. The number of rotatable bonds is 5. The number of fused-ring (bicyclic) bond motifs is 2. The van der Waals surface area contributed by atoms with Crippen LogP contribution in [0, 0.1) is 0 Å². The first-order valence-corrected chi connectivity index (χ1v) is 13.7. The average Bonchev–Trinajstić information content (AvgIpc) is 2.87. The van der Waals surface area contributed by atoms with Crippen LogP contribution in [0.3, 0.4) is 0 Å². The quantitative estimate of drug-likeness (QED) is 0.537. The van der Waals surface area contributed by atoms with Crippen LogP contribution in [0.5, 0.6) is 11.5 Å². The summed E-state index contributed by atoms with van der Waals surface area (Å²) in [6, 6.07) is 10.5. The van der Waals surface area contributed by atoms with E-state index in [-0.39, 0.29) is 23.8 Å². The minimum atomic E-state index is -0.473. The lowest BCUT2D eigenvalue weighted by Gasteiger charge is -2.41. The number of nitrogens with two attached hydrogens (primary N) is 1. The lowest BCUT2D eigenvalue weighted by atomic mass is 9.86. The number of hydrogen-bond acceptors (Lipinski definition) is 6. The number of guanidine groups is 1. The number of hydrogen-bond donors (Lipinski definition) is 2. The Bertz CT molecular complexity index is 1300. The largest absolute Gasteiger partial charge is 0.492 e. The first-order valence-electron chi connectivity index (χ1n) is 13.3. The Labute approximate surface area is 228 Å². The van der Waals surface area contributed by atoms with Crippen LogP contribution in [0.1, 0.15) is 93.4 Å². The molecule has 3 aliphatic rings. The highest BCUT2D eigenvalue weighted by molar-refractivity contribution is 6.32. The zero-order valence-electron chi connectivity index (χ0n) is 22.3. The predicted octanol–water partition coefficient (Wildman–Crippen LogP) is 5.30. The highest BCUT2D eigenvalue weighted by atomic mass is 35.5. The molecular formula is C29H35ClN4O4. The fraction of sp³-hybridized carbons (Fsp3) is 0.483. The molecule has 2 amide bonds. The molecule has 0 spiro atoms. The van der Waals surface area contributed by atoms with Crippen LogP contribution >= 0.6 is 11.6 Å². The summed E-state index contributed by atoms with van der Waals surface area (Å²) in [5.41, 5.74) is 7.48. The van der Waals surface area contributed by atoms with Crippen LogP contribution in [0.4, 0.5) is 0 Å². The van der Waals surface area contributed by atoms with E-state index < -0.39 is 17.2 Å². The predicted molar refractivity (Wildman–Crippen MR) is 147 cm³/mol. The van der Waals surface area contributed by atoms with Gasteiger partial charge in [-0.3, -0.25) is 14.5 Å². The van der Waals surface area contributed by atoms with Gasteiger partial charge in [-0.25, -0.2) is 4.99 Å². The molecule has 0 saturated carbocycles. The molecule has 0 aliphatic carbocycles. The number of aliphatic imine (C=N–C) groups is 1. The Kier molecular flexibility index (Phi) is 6.80. The van der Waals surface area contributed by atoms with Gasteiger partial charge in [-0.2, -0.15) is 0 Å². The average molecular weight is 539 g/mol. The van der Waals surface area contributed by atoms with Crippen LogP contribution in [-0.4, -0.2) is 40.4 Å². The smallest absolute Gasteiger partial charge is 0.251 e. The summed E-state index contributed by atoms with van der Waals surface area (Å²) >= 11 is 6.64. The highest BCUT2D eigenvalue weighted by Gasteiger charge is 2.42. The lowest BCUT2D eigenvalue weighted by molar-refractivity contribution is -0.132. The van der Waals surface area contributed by atoms with Gasteiger partial charge in [-0.15, -0.1) is 0 Å². The molecule has 0 bridgehead atoms. The number of ether oxygens (including phenoxy) is 2. The van der Waals surface area contributed by atoms with Crippen molar-refractivity contribution in [2.45, 2.75) is 83.0 Å². The Balaban J connectivity index is 1.47. The van der Waals surface area contributed by atoms with E-state index >= 15 is 0 Å². The van der Waals surface area contributed by atoms with E-state index in [1.165, 1.54) is 0 Å². The van der Waals surface area contributed by atoms with Gasteiger partial charge in [0.25, 0.3) is 5.91 Å². The summed E-state index contributed by atoms with van der Waals surface area (Å²) in [5.74, 6) is 1.10. The van der Waals surface area contributed by atoms with Crippen molar-refractivity contribution in [3.63, 3.8) is 0 Å². The third-order valence-corrected chi connectivity index (χ3v) is 8.27. The molecule has 5 rings (SSSR count). The first kappa shape index (κ1) is 26.4. The summed E-state index contributed by atoms with van der Waals surface area (Å²) in [5, 5.41) is 3.49. The lowest BCUT2D eigenvalue weighted by Crippen LogP contribution is -2.53. The SMILES string of the molecule is CCC1(CC)CC(=O)N([C@@H]2CCOc3c(Cl)cc(C(=O)N[C@@H]4CC(C)(C)Oc5ccccc54)cc32)C(N)=N1. The third-order valence-electron chi connectivity index (χ3n) is 7.99. The molecule has 2 aromatic rings. The maximum absolute atomic E-state index is 13.6. The molecule has 0 unspecified atom stereocenters. The van der Waals surface area contributed by atoms with Gasteiger partial charge in [-0.05, 0) is 44.9 Å². The molecule has 8 nitrogen and oxygen atoms in total.